The van der Waals surface area contributed by atoms with Crippen LogP contribution in [0.2, 0.25) is 0 Å². The lowest BCUT2D eigenvalue weighted by atomic mass is 10.1. The van der Waals surface area contributed by atoms with Crippen LogP contribution >= 0.6 is 0 Å². The molecule has 0 radical (unpaired) electrons. The number of hydrogen-bond donors (Lipinski definition) is 1. The first-order valence-electron chi connectivity index (χ1n) is 8.95. The molecule has 0 saturated heterocycles. The van der Waals surface area contributed by atoms with Crippen molar-refractivity contribution in [2.75, 3.05) is 27.2 Å². The Bertz CT molecular complexity index is 688. The van der Waals surface area contributed by atoms with Crippen molar-refractivity contribution in [3.8, 4) is 0 Å². The quantitative estimate of drug-likeness (QED) is 0.805. The molecule has 2 amide bonds. The predicted octanol–water partition coefficient (Wildman–Crippen LogP) is 4.22. The van der Waals surface area contributed by atoms with Gasteiger partial charge in [0.15, 0.2) is 0 Å². The Balaban J connectivity index is 2.04. The Labute approximate surface area is 155 Å². The Morgan fingerprint density at radius 1 is 1.04 bits per heavy atom. The molecule has 0 aliphatic rings. The van der Waals surface area contributed by atoms with E-state index in [2.05, 4.69) is 22.3 Å². The largest absolute Gasteiger partial charge is 0.336 e. The van der Waals surface area contributed by atoms with Crippen molar-refractivity contribution in [2.45, 2.75) is 25.9 Å². The summed E-state index contributed by atoms with van der Waals surface area (Å²) in [5.74, 6) is -0.273. The third-order valence-electron chi connectivity index (χ3n) is 4.68. The van der Waals surface area contributed by atoms with Crippen LogP contribution in [0, 0.1) is 5.82 Å². The molecule has 2 aromatic rings. The summed E-state index contributed by atoms with van der Waals surface area (Å²) in [7, 11) is 4.01. The average molecular weight is 357 g/mol. The summed E-state index contributed by atoms with van der Waals surface area (Å²) in [6.45, 7) is 4.99. The Kier molecular flexibility index (Phi) is 7.16. The molecule has 140 valence electrons. The first-order chi connectivity index (χ1) is 12.4. The maximum atomic E-state index is 13.1. The van der Waals surface area contributed by atoms with Gasteiger partial charge in [-0.15, -0.1) is 0 Å². The van der Waals surface area contributed by atoms with Gasteiger partial charge < -0.3 is 15.1 Å². The zero-order valence-electron chi connectivity index (χ0n) is 15.9. The fourth-order valence-electron chi connectivity index (χ4n) is 3.07. The number of nitrogens with zero attached hydrogens (tertiary/aromatic N) is 2. The highest BCUT2D eigenvalue weighted by atomic mass is 19.1. The Morgan fingerprint density at radius 2 is 1.65 bits per heavy atom. The van der Waals surface area contributed by atoms with Crippen molar-refractivity contribution in [3.63, 3.8) is 0 Å². The van der Waals surface area contributed by atoms with Gasteiger partial charge in [0, 0.05) is 13.1 Å². The molecule has 0 spiro atoms. The summed E-state index contributed by atoms with van der Waals surface area (Å²) in [6, 6.07) is 16.3. The zero-order valence-corrected chi connectivity index (χ0v) is 15.9. The van der Waals surface area contributed by atoms with Crippen LogP contribution in [0.3, 0.4) is 0 Å². The molecule has 2 rings (SSSR count). The number of amides is 2. The molecule has 0 heterocycles. The molecule has 4 nitrogen and oxygen atoms in total. The van der Waals surface area contributed by atoms with E-state index in [-0.39, 0.29) is 23.9 Å². The van der Waals surface area contributed by atoms with E-state index in [1.54, 1.807) is 17.0 Å². The lowest BCUT2D eigenvalue weighted by molar-refractivity contribution is 0.178. The summed E-state index contributed by atoms with van der Waals surface area (Å²) in [5.41, 5.74) is 2.07. The van der Waals surface area contributed by atoms with Gasteiger partial charge in [-0.3, -0.25) is 0 Å². The van der Waals surface area contributed by atoms with Crippen LogP contribution in [0.5, 0.6) is 0 Å². The topological polar surface area (TPSA) is 35.6 Å². The van der Waals surface area contributed by atoms with Gasteiger partial charge in [0.25, 0.3) is 0 Å². The van der Waals surface area contributed by atoms with Gasteiger partial charge in [0.05, 0.1) is 12.1 Å². The van der Waals surface area contributed by atoms with Crippen molar-refractivity contribution in [2.24, 2.45) is 0 Å². The van der Waals surface area contributed by atoms with Gasteiger partial charge in [-0.1, -0.05) is 42.5 Å². The Hall–Kier alpha value is -2.40. The molecular weight excluding hydrogens is 329 g/mol. The summed E-state index contributed by atoms with van der Waals surface area (Å²) < 4.78 is 13.1. The fraction of sp³-hybridized carbons (Fsp3) is 0.381. The average Bonchev–Trinajstić information content (AvgIpc) is 2.63. The van der Waals surface area contributed by atoms with Crippen LogP contribution in [-0.2, 0) is 0 Å². The summed E-state index contributed by atoms with van der Waals surface area (Å²) in [4.78, 5) is 16.6. The number of halogens is 1. The molecule has 1 N–H and O–H groups in total. The molecule has 0 bridgehead atoms. The number of benzene rings is 2. The molecule has 0 aliphatic heterocycles. The zero-order chi connectivity index (χ0) is 19.1. The molecule has 2 unspecified atom stereocenters. The van der Waals surface area contributed by atoms with E-state index in [9.17, 15) is 9.18 Å². The number of rotatable bonds is 7. The second kappa shape index (κ2) is 9.34. The first-order valence-corrected chi connectivity index (χ1v) is 8.95. The maximum absolute atomic E-state index is 13.1. The molecule has 26 heavy (non-hydrogen) atoms. The van der Waals surface area contributed by atoms with Crippen molar-refractivity contribution in [3.05, 3.63) is 71.5 Å². The van der Waals surface area contributed by atoms with E-state index in [1.807, 2.05) is 46.1 Å². The van der Waals surface area contributed by atoms with Crippen LogP contribution in [0.25, 0.3) is 0 Å². The molecule has 0 aliphatic carbocycles. The minimum atomic E-state index is -0.273. The number of carbonyl (C=O) groups excluding carboxylic acids is 1. The summed E-state index contributed by atoms with van der Waals surface area (Å²) in [6.07, 6.45) is 0. The smallest absolute Gasteiger partial charge is 0.317 e. The van der Waals surface area contributed by atoms with Crippen LogP contribution in [-0.4, -0.2) is 43.0 Å². The van der Waals surface area contributed by atoms with Crippen molar-refractivity contribution in [1.82, 2.24) is 15.1 Å². The Morgan fingerprint density at radius 3 is 2.19 bits per heavy atom. The third kappa shape index (κ3) is 5.05. The van der Waals surface area contributed by atoms with Crippen molar-refractivity contribution >= 4 is 6.03 Å². The van der Waals surface area contributed by atoms with Gasteiger partial charge in [0.2, 0.25) is 0 Å². The highest BCUT2D eigenvalue weighted by Crippen LogP contribution is 2.21. The molecule has 2 atom stereocenters. The molecule has 2 aromatic carbocycles. The standard InChI is InChI=1S/C21H28FN3O/c1-5-25(16(2)17-11-13-19(22)14-12-17)21(26)23-15-20(24(3)4)18-9-7-6-8-10-18/h6-14,16,20H,5,15H2,1-4H3,(H,23,26). The van der Waals surface area contributed by atoms with Gasteiger partial charge in [0.1, 0.15) is 5.82 Å². The fourth-order valence-corrected chi connectivity index (χ4v) is 3.07. The van der Waals surface area contributed by atoms with E-state index in [1.165, 1.54) is 12.1 Å². The molecule has 5 heteroatoms. The molecule has 0 fully saturated rings. The van der Waals surface area contributed by atoms with E-state index in [0.717, 1.165) is 11.1 Å². The molecular formula is C21H28FN3O. The second-order valence-corrected chi connectivity index (χ2v) is 6.59. The summed E-state index contributed by atoms with van der Waals surface area (Å²) >= 11 is 0. The normalized spacial score (nSPS) is 13.3. The lowest BCUT2D eigenvalue weighted by Gasteiger charge is -2.31. The first kappa shape index (κ1) is 19.9. The van der Waals surface area contributed by atoms with E-state index in [4.69, 9.17) is 0 Å². The monoisotopic (exact) mass is 357 g/mol. The van der Waals surface area contributed by atoms with Crippen LogP contribution in [0.4, 0.5) is 9.18 Å². The van der Waals surface area contributed by atoms with E-state index >= 15 is 0 Å². The summed E-state index contributed by atoms with van der Waals surface area (Å²) in [5, 5.41) is 3.05. The van der Waals surface area contributed by atoms with Gasteiger partial charge in [-0.2, -0.15) is 0 Å². The highest BCUT2D eigenvalue weighted by molar-refractivity contribution is 5.74. The number of urea groups is 1. The minimum absolute atomic E-state index is 0.0972. The predicted molar refractivity (Wildman–Crippen MR) is 103 cm³/mol. The van der Waals surface area contributed by atoms with Crippen LogP contribution < -0.4 is 5.32 Å². The van der Waals surface area contributed by atoms with Gasteiger partial charge >= 0.3 is 6.03 Å². The SMILES string of the molecule is CCN(C(=O)NCC(c1ccccc1)N(C)C)C(C)c1ccc(F)cc1. The van der Waals surface area contributed by atoms with Gasteiger partial charge in [-0.25, -0.2) is 9.18 Å². The molecule has 0 aromatic heterocycles. The number of likely N-dealkylation sites (N-methyl/N-ethyl adjacent to an activating group) is 1. The van der Waals surface area contributed by atoms with Crippen LogP contribution in [0.1, 0.15) is 37.1 Å². The van der Waals surface area contributed by atoms with Crippen LogP contribution in [0.15, 0.2) is 54.6 Å². The second-order valence-electron chi connectivity index (χ2n) is 6.59. The third-order valence-corrected chi connectivity index (χ3v) is 4.68. The van der Waals surface area contributed by atoms with Crippen molar-refractivity contribution < 1.29 is 9.18 Å². The van der Waals surface area contributed by atoms with E-state index in [0.29, 0.717) is 13.1 Å². The minimum Gasteiger partial charge on any atom is -0.336 e. The maximum Gasteiger partial charge on any atom is 0.317 e. The van der Waals surface area contributed by atoms with Crippen molar-refractivity contribution in [1.29, 1.82) is 0 Å². The number of hydrogen-bond acceptors (Lipinski definition) is 2. The van der Waals surface area contributed by atoms with Gasteiger partial charge in [-0.05, 0) is 51.2 Å². The number of nitrogens with one attached hydrogen (secondary N) is 1. The van der Waals surface area contributed by atoms with E-state index < -0.39 is 0 Å². The number of carbonyl (C=O) groups is 1. The molecule has 0 saturated carbocycles. The lowest BCUT2D eigenvalue weighted by Crippen LogP contribution is -2.44. The highest BCUT2D eigenvalue weighted by Gasteiger charge is 2.22.